The number of aryl methyl sites for hydroxylation is 1. The molecule has 2 nitrogen and oxygen atoms in total. The van der Waals surface area contributed by atoms with Gasteiger partial charge in [-0.2, -0.15) is 0 Å². The zero-order valence-electron chi connectivity index (χ0n) is 18.8. The summed E-state index contributed by atoms with van der Waals surface area (Å²) in [6.07, 6.45) is 6.15. The zero-order valence-corrected chi connectivity index (χ0v) is 18.8. The van der Waals surface area contributed by atoms with E-state index in [1.165, 1.54) is 84.5 Å². The highest BCUT2D eigenvalue weighted by Gasteiger charge is 2.40. The average Bonchev–Trinajstić information content (AvgIpc) is 3.03. The first kappa shape index (κ1) is 19.8. The third-order valence-corrected chi connectivity index (χ3v) is 7.77. The van der Waals surface area contributed by atoms with E-state index in [-0.39, 0.29) is 0 Å². The van der Waals surface area contributed by atoms with Gasteiger partial charge in [-0.3, -0.25) is 0 Å². The summed E-state index contributed by atoms with van der Waals surface area (Å²) in [5, 5.41) is 3.50. The normalized spacial score (nSPS) is 19.9. The van der Waals surface area contributed by atoms with Crippen LogP contribution < -0.4 is 10.2 Å². The standard InChI is InChI=1S/C30H32N2/c1-2-8-23(9-3-1)28-13-6-11-24-10-4-5-12-27(24)29(28)25-14-16-26(17-15-25)32-19-7-18-30(22-32)20-31-21-30/h1-5,8-10,12,14-17,31H,6-7,11,13,18-22H2. The molecule has 0 aromatic heterocycles. The van der Waals surface area contributed by atoms with E-state index in [0.717, 1.165) is 12.8 Å². The number of nitrogens with zero attached hydrogens (tertiary/aromatic N) is 1. The molecule has 162 valence electrons. The molecular weight excluding hydrogens is 388 g/mol. The summed E-state index contributed by atoms with van der Waals surface area (Å²) in [6.45, 7) is 4.75. The van der Waals surface area contributed by atoms with Crippen LogP contribution in [0.5, 0.6) is 0 Å². The number of nitrogens with one attached hydrogen (secondary N) is 1. The van der Waals surface area contributed by atoms with Crippen LogP contribution in [0.1, 0.15) is 47.9 Å². The SMILES string of the molecule is c1ccc(C2=C(c3ccc(N4CCCC5(CNC5)C4)cc3)c3ccccc3CCC2)cc1. The van der Waals surface area contributed by atoms with Crippen molar-refractivity contribution in [1.29, 1.82) is 0 Å². The van der Waals surface area contributed by atoms with Crippen LogP contribution in [-0.4, -0.2) is 26.2 Å². The maximum absolute atomic E-state index is 3.50. The van der Waals surface area contributed by atoms with Crippen LogP contribution in [0, 0.1) is 5.41 Å². The summed E-state index contributed by atoms with van der Waals surface area (Å²) in [4.78, 5) is 2.61. The lowest BCUT2D eigenvalue weighted by Crippen LogP contribution is -2.61. The summed E-state index contributed by atoms with van der Waals surface area (Å²) in [6, 6.07) is 29.5. The highest BCUT2D eigenvalue weighted by Crippen LogP contribution is 2.41. The Morgan fingerprint density at radius 3 is 2.28 bits per heavy atom. The van der Waals surface area contributed by atoms with Gasteiger partial charge in [-0.05, 0) is 77.6 Å². The van der Waals surface area contributed by atoms with E-state index in [1.54, 1.807) is 0 Å². The molecule has 1 aliphatic carbocycles. The molecule has 1 N–H and O–H groups in total. The molecule has 6 rings (SSSR count). The van der Waals surface area contributed by atoms with Gasteiger partial charge in [-0.15, -0.1) is 0 Å². The van der Waals surface area contributed by atoms with Crippen molar-refractivity contribution >= 4 is 16.8 Å². The van der Waals surface area contributed by atoms with E-state index in [4.69, 9.17) is 0 Å². The van der Waals surface area contributed by atoms with Gasteiger partial charge >= 0.3 is 0 Å². The molecule has 2 heterocycles. The monoisotopic (exact) mass is 420 g/mol. The fourth-order valence-corrected chi connectivity index (χ4v) is 6.02. The van der Waals surface area contributed by atoms with Gasteiger partial charge in [0.05, 0.1) is 0 Å². The van der Waals surface area contributed by atoms with E-state index < -0.39 is 0 Å². The second kappa shape index (κ2) is 8.26. The third-order valence-electron chi connectivity index (χ3n) is 7.77. The second-order valence-electron chi connectivity index (χ2n) is 9.91. The molecule has 3 aromatic carbocycles. The Kier molecular flexibility index (Phi) is 5.11. The minimum absolute atomic E-state index is 0.514. The highest BCUT2D eigenvalue weighted by atomic mass is 15.2. The Balaban J connectivity index is 1.41. The molecule has 0 atom stereocenters. The van der Waals surface area contributed by atoms with E-state index in [9.17, 15) is 0 Å². The molecule has 0 unspecified atom stereocenters. The molecule has 3 aromatic rings. The van der Waals surface area contributed by atoms with Gasteiger partial charge < -0.3 is 10.2 Å². The van der Waals surface area contributed by atoms with Crippen molar-refractivity contribution in [2.24, 2.45) is 5.41 Å². The first-order valence-electron chi connectivity index (χ1n) is 12.2. The van der Waals surface area contributed by atoms with Gasteiger partial charge in [-0.1, -0.05) is 66.7 Å². The quantitative estimate of drug-likeness (QED) is 0.545. The predicted octanol–water partition coefficient (Wildman–Crippen LogP) is 6.17. The van der Waals surface area contributed by atoms with Gasteiger partial charge in [0.25, 0.3) is 0 Å². The third kappa shape index (κ3) is 3.57. The Morgan fingerprint density at radius 2 is 1.50 bits per heavy atom. The maximum atomic E-state index is 3.50. The number of piperidine rings is 1. The van der Waals surface area contributed by atoms with Crippen LogP contribution in [0.4, 0.5) is 5.69 Å². The van der Waals surface area contributed by atoms with Crippen LogP contribution in [0.25, 0.3) is 11.1 Å². The van der Waals surface area contributed by atoms with E-state index in [1.807, 2.05) is 0 Å². The summed E-state index contributed by atoms with van der Waals surface area (Å²) in [7, 11) is 0. The largest absolute Gasteiger partial charge is 0.371 e. The molecule has 2 fully saturated rings. The molecule has 32 heavy (non-hydrogen) atoms. The Labute approximate surface area is 192 Å². The van der Waals surface area contributed by atoms with Crippen molar-refractivity contribution in [3.05, 3.63) is 101 Å². The molecule has 0 radical (unpaired) electrons. The smallest absolute Gasteiger partial charge is 0.0366 e. The summed E-state index contributed by atoms with van der Waals surface area (Å²) >= 11 is 0. The molecule has 0 bridgehead atoms. The summed E-state index contributed by atoms with van der Waals surface area (Å²) < 4.78 is 0. The Hall–Kier alpha value is -2.84. The van der Waals surface area contributed by atoms with Crippen LogP contribution in [0.2, 0.25) is 0 Å². The summed E-state index contributed by atoms with van der Waals surface area (Å²) in [5.74, 6) is 0. The predicted molar refractivity (Wildman–Crippen MR) is 135 cm³/mol. The van der Waals surface area contributed by atoms with Gasteiger partial charge in [0.2, 0.25) is 0 Å². The topological polar surface area (TPSA) is 15.3 Å². The van der Waals surface area contributed by atoms with Crippen molar-refractivity contribution in [3.8, 4) is 0 Å². The highest BCUT2D eigenvalue weighted by molar-refractivity contribution is 6.00. The van der Waals surface area contributed by atoms with Crippen molar-refractivity contribution < 1.29 is 0 Å². The van der Waals surface area contributed by atoms with Gasteiger partial charge in [0, 0.05) is 37.3 Å². The van der Waals surface area contributed by atoms with Crippen LogP contribution in [0.15, 0.2) is 78.9 Å². The molecule has 0 saturated carbocycles. The molecular formula is C30H32N2. The minimum Gasteiger partial charge on any atom is -0.371 e. The lowest BCUT2D eigenvalue weighted by molar-refractivity contribution is 0.138. The molecule has 3 aliphatic rings. The number of hydrogen-bond acceptors (Lipinski definition) is 2. The molecule has 1 spiro atoms. The van der Waals surface area contributed by atoms with Crippen LogP contribution >= 0.6 is 0 Å². The number of anilines is 1. The molecule has 2 aliphatic heterocycles. The number of allylic oxidation sites excluding steroid dienone is 1. The Bertz CT molecular complexity index is 1120. The zero-order chi connectivity index (χ0) is 21.4. The molecule has 2 heteroatoms. The lowest BCUT2D eigenvalue weighted by Gasteiger charge is -2.50. The first-order chi connectivity index (χ1) is 15.8. The Morgan fingerprint density at radius 1 is 0.719 bits per heavy atom. The van der Waals surface area contributed by atoms with Crippen molar-refractivity contribution in [1.82, 2.24) is 5.32 Å². The van der Waals surface area contributed by atoms with E-state index >= 15 is 0 Å². The maximum Gasteiger partial charge on any atom is 0.0366 e. The van der Waals surface area contributed by atoms with E-state index in [2.05, 4.69) is 89.1 Å². The van der Waals surface area contributed by atoms with Crippen molar-refractivity contribution in [3.63, 3.8) is 0 Å². The fraction of sp³-hybridized carbons (Fsp3) is 0.333. The van der Waals surface area contributed by atoms with Gasteiger partial charge in [0.1, 0.15) is 0 Å². The van der Waals surface area contributed by atoms with Crippen LogP contribution in [0.3, 0.4) is 0 Å². The number of rotatable bonds is 3. The fourth-order valence-electron chi connectivity index (χ4n) is 6.02. The van der Waals surface area contributed by atoms with E-state index in [0.29, 0.717) is 5.41 Å². The van der Waals surface area contributed by atoms with Gasteiger partial charge in [-0.25, -0.2) is 0 Å². The molecule has 2 saturated heterocycles. The minimum atomic E-state index is 0.514. The van der Waals surface area contributed by atoms with Crippen LogP contribution in [-0.2, 0) is 6.42 Å². The number of fused-ring (bicyclic) bond motifs is 1. The number of benzene rings is 3. The van der Waals surface area contributed by atoms with Crippen molar-refractivity contribution in [2.75, 3.05) is 31.1 Å². The van der Waals surface area contributed by atoms with Crippen molar-refractivity contribution in [2.45, 2.75) is 32.1 Å². The number of hydrogen-bond donors (Lipinski definition) is 1. The average molecular weight is 421 g/mol. The molecule has 0 amide bonds. The van der Waals surface area contributed by atoms with Gasteiger partial charge in [0.15, 0.2) is 0 Å². The lowest BCUT2D eigenvalue weighted by atomic mass is 9.75. The summed E-state index contributed by atoms with van der Waals surface area (Å²) in [5.41, 5.74) is 10.4. The second-order valence-corrected chi connectivity index (χ2v) is 9.91. The first-order valence-corrected chi connectivity index (χ1v) is 12.2.